The third-order valence-electron chi connectivity index (χ3n) is 7.16. The van der Waals surface area contributed by atoms with Gasteiger partial charge in [0.1, 0.15) is 37.3 Å². The van der Waals surface area contributed by atoms with Crippen molar-refractivity contribution < 1.29 is 85.7 Å². The second-order valence-electron chi connectivity index (χ2n) is 11.4. The molecule has 1 aromatic carbocycles. The van der Waals surface area contributed by atoms with Crippen molar-refractivity contribution in [3.05, 3.63) is 29.8 Å². The minimum absolute atomic E-state index is 0.188. The van der Waals surface area contributed by atoms with Crippen molar-refractivity contribution >= 4 is 41.8 Å². The van der Waals surface area contributed by atoms with E-state index in [1.54, 1.807) is 12.1 Å². The van der Waals surface area contributed by atoms with Gasteiger partial charge in [-0.25, -0.2) is 0 Å². The fraction of sp³-hybridized carbons (Fsp3) is 0.559. The summed E-state index contributed by atoms with van der Waals surface area (Å²) >= 11 is 0. The first kappa shape index (κ1) is 41.2. The summed E-state index contributed by atoms with van der Waals surface area (Å²) in [6.45, 7) is 6.32. The predicted molar refractivity (Wildman–Crippen MR) is 168 cm³/mol. The molecule has 2 aliphatic rings. The average molecular weight is 737 g/mol. The van der Waals surface area contributed by atoms with Gasteiger partial charge in [-0.1, -0.05) is 5.92 Å². The van der Waals surface area contributed by atoms with Crippen molar-refractivity contribution in [2.75, 3.05) is 13.2 Å². The first-order valence-corrected chi connectivity index (χ1v) is 15.8. The molecule has 0 radical (unpaired) electrons. The largest absolute Gasteiger partial charge is 0.463 e. The Bertz CT molecular complexity index is 1510. The van der Waals surface area contributed by atoms with Crippen molar-refractivity contribution in [1.82, 2.24) is 0 Å². The highest BCUT2D eigenvalue weighted by atomic mass is 16.8. The lowest BCUT2D eigenvalue weighted by Gasteiger charge is -2.48. The number of hydrogen-bond donors (Lipinski definition) is 0. The molecule has 0 aromatic heterocycles. The van der Waals surface area contributed by atoms with Gasteiger partial charge in [0.2, 0.25) is 12.4 Å². The molecule has 0 N–H and O–H groups in total. The van der Waals surface area contributed by atoms with E-state index in [1.165, 1.54) is 12.1 Å². The fourth-order valence-electron chi connectivity index (χ4n) is 5.33. The highest BCUT2D eigenvalue weighted by Gasteiger charge is 2.58. The van der Waals surface area contributed by atoms with Crippen molar-refractivity contribution in [2.45, 2.75) is 110 Å². The molecule has 2 heterocycles. The zero-order valence-corrected chi connectivity index (χ0v) is 29.4. The van der Waals surface area contributed by atoms with Gasteiger partial charge in [0, 0.05) is 54.0 Å². The van der Waals surface area contributed by atoms with E-state index in [9.17, 15) is 33.6 Å². The molecule has 52 heavy (non-hydrogen) atoms. The normalized spacial score (nSPS) is 28.1. The van der Waals surface area contributed by atoms with E-state index >= 15 is 0 Å². The van der Waals surface area contributed by atoms with Crippen LogP contribution in [0.1, 0.15) is 54.0 Å². The van der Waals surface area contributed by atoms with Crippen molar-refractivity contribution in [1.29, 1.82) is 0 Å². The topological polar surface area (TPSA) is 221 Å². The number of terminal acetylenes is 1. The first-order chi connectivity index (χ1) is 24.5. The quantitative estimate of drug-likeness (QED) is 0.154. The Balaban J connectivity index is 2.17. The number of carbonyl (C=O) groups is 7. The maximum absolute atomic E-state index is 12.6. The van der Waals surface area contributed by atoms with E-state index in [1.807, 2.05) is 0 Å². The summed E-state index contributed by atoms with van der Waals surface area (Å²) in [5.41, 5.74) is 0.525. The molecule has 0 saturated carbocycles. The van der Waals surface area contributed by atoms with Crippen LogP contribution in [-0.2, 0) is 80.9 Å². The minimum Gasteiger partial charge on any atom is -0.463 e. The van der Waals surface area contributed by atoms with E-state index in [0.29, 0.717) is 5.56 Å². The zero-order chi connectivity index (χ0) is 38.7. The Labute approximate surface area is 298 Å². The Morgan fingerprint density at radius 3 is 1.37 bits per heavy atom. The number of esters is 7. The first-order valence-electron chi connectivity index (χ1n) is 15.8. The van der Waals surface area contributed by atoms with Gasteiger partial charge in [0.25, 0.3) is 0 Å². The van der Waals surface area contributed by atoms with Gasteiger partial charge in [-0.15, -0.1) is 6.42 Å². The molecular weight excluding hydrogens is 696 g/mol. The van der Waals surface area contributed by atoms with Crippen LogP contribution in [0.5, 0.6) is 5.75 Å². The molecule has 18 heteroatoms. The van der Waals surface area contributed by atoms with Crippen LogP contribution in [0.3, 0.4) is 0 Å². The van der Waals surface area contributed by atoms with E-state index < -0.39 is 116 Å². The molecule has 10 atom stereocenters. The van der Waals surface area contributed by atoms with Gasteiger partial charge >= 0.3 is 41.8 Å². The number of rotatable bonds is 13. The summed E-state index contributed by atoms with van der Waals surface area (Å²) < 4.78 is 62.4. The lowest BCUT2D eigenvalue weighted by molar-refractivity contribution is -0.354. The molecule has 284 valence electrons. The third kappa shape index (κ3) is 11.9. The van der Waals surface area contributed by atoms with Gasteiger partial charge in [0.15, 0.2) is 30.7 Å². The molecule has 2 aliphatic heterocycles. The Morgan fingerprint density at radius 1 is 0.538 bits per heavy atom. The molecule has 0 aliphatic carbocycles. The van der Waals surface area contributed by atoms with Crippen LogP contribution < -0.4 is 4.74 Å². The fourth-order valence-corrected chi connectivity index (χ4v) is 5.33. The second kappa shape index (κ2) is 18.8. The molecule has 0 bridgehead atoms. The summed E-state index contributed by atoms with van der Waals surface area (Å²) in [4.78, 5) is 85.6. The summed E-state index contributed by atoms with van der Waals surface area (Å²) in [5.74, 6) is -3.28. The summed E-state index contributed by atoms with van der Waals surface area (Å²) in [5, 5.41) is 0. The van der Waals surface area contributed by atoms with Gasteiger partial charge < -0.3 is 52.1 Å². The molecule has 3 rings (SSSR count). The number of carbonyl (C=O) groups excluding carboxylic acids is 7. The van der Waals surface area contributed by atoms with Crippen molar-refractivity contribution in [3.8, 4) is 18.1 Å². The monoisotopic (exact) mass is 736 g/mol. The summed E-state index contributed by atoms with van der Waals surface area (Å²) in [6.07, 6.45) is -10.3. The number of benzene rings is 1. The molecule has 0 spiro atoms. The Hall–Kier alpha value is -5.25. The molecule has 0 unspecified atom stereocenters. The maximum atomic E-state index is 12.6. The van der Waals surface area contributed by atoms with Crippen LogP contribution in [0.15, 0.2) is 24.3 Å². The lowest BCUT2D eigenvalue weighted by atomic mass is 9.96. The van der Waals surface area contributed by atoms with Gasteiger partial charge in [-0.05, 0) is 24.3 Å². The molecular formula is C34H40O18. The predicted octanol–water partition coefficient (Wildman–Crippen LogP) is 0.666. The van der Waals surface area contributed by atoms with Crippen LogP contribution in [-0.4, -0.2) is 116 Å². The van der Waals surface area contributed by atoms with Crippen LogP contribution in [0.25, 0.3) is 0 Å². The van der Waals surface area contributed by atoms with Crippen LogP contribution in [0.2, 0.25) is 0 Å². The molecule has 2 fully saturated rings. The van der Waals surface area contributed by atoms with Crippen LogP contribution in [0.4, 0.5) is 0 Å². The molecule has 1 aromatic rings. The van der Waals surface area contributed by atoms with E-state index in [4.69, 9.17) is 58.5 Å². The van der Waals surface area contributed by atoms with Gasteiger partial charge in [-0.2, -0.15) is 0 Å². The van der Waals surface area contributed by atoms with Gasteiger partial charge in [0.05, 0.1) is 0 Å². The molecule has 0 amide bonds. The number of ether oxygens (including phenoxy) is 11. The average Bonchev–Trinajstić information content (AvgIpc) is 3.03. The third-order valence-corrected chi connectivity index (χ3v) is 7.16. The van der Waals surface area contributed by atoms with Crippen molar-refractivity contribution in [2.24, 2.45) is 0 Å². The van der Waals surface area contributed by atoms with Gasteiger partial charge in [-0.3, -0.25) is 33.6 Å². The smallest absolute Gasteiger partial charge is 0.303 e. The van der Waals surface area contributed by atoms with E-state index in [0.717, 1.165) is 48.5 Å². The highest BCUT2D eigenvalue weighted by molar-refractivity contribution is 5.69. The molecule has 18 nitrogen and oxygen atoms in total. The van der Waals surface area contributed by atoms with E-state index in [2.05, 4.69) is 5.92 Å². The Kier molecular flexibility index (Phi) is 14.9. The Morgan fingerprint density at radius 2 is 0.923 bits per heavy atom. The van der Waals surface area contributed by atoms with E-state index in [-0.39, 0.29) is 5.75 Å². The van der Waals surface area contributed by atoms with Crippen LogP contribution >= 0.6 is 0 Å². The number of hydrogen-bond acceptors (Lipinski definition) is 18. The van der Waals surface area contributed by atoms with Crippen molar-refractivity contribution in [3.63, 3.8) is 0 Å². The van der Waals surface area contributed by atoms with Crippen LogP contribution in [0, 0.1) is 12.3 Å². The molecule has 2 saturated heterocycles. The lowest BCUT2D eigenvalue weighted by Crippen LogP contribution is -2.67. The standard InChI is InChI=1S/C34H40O18/c1-9-23-10-12-24(13-11-23)49-33-31(47-21(7)40)30(46-20(6)39)28(26(50-33)15-43-17(3)36)52-34-32(48-22(8)41)29(45-19(5)38)27(44-18(4)37)25(51-34)14-42-16(2)35/h1,10-13,25-34H,14-15H2,2-8H3/t25-,26-,27-,28-,29+,30+,31-,32-,33-,34-/m1/s1. The zero-order valence-electron chi connectivity index (χ0n) is 29.4. The minimum atomic E-state index is -1.81. The second-order valence-corrected chi connectivity index (χ2v) is 11.4. The summed E-state index contributed by atoms with van der Waals surface area (Å²) in [7, 11) is 0. The summed E-state index contributed by atoms with van der Waals surface area (Å²) in [6, 6.07) is 6.14. The SMILES string of the molecule is C#Cc1ccc(O[C@@H]2O[C@H](COC(C)=O)[C@@H](O[C@H]3O[C@H](COC(C)=O)[C@@H](OC(C)=O)[C@H](OC(C)=O)[C@H]3OC(C)=O)[C@H](OC(C)=O)[C@H]2OC(C)=O)cc1. The highest BCUT2D eigenvalue weighted by Crippen LogP contribution is 2.36. The maximum Gasteiger partial charge on any atom is 0.303 e.